The number of hydrogen-bond donors (Lipinski definition) is 1. The van der Waals surface area contributed by atoms with Gasteiger partial charge < -0.3 is 5.32 Å². The van der Waals surface area contributed by atoms with E-state index in [2.05, 4.69) is 39.2 Å². The summed E-state index contributed by atoms with van der Waals surface area (Å²) >= 11 is 5.33. The summed E-state index contributed by atoms with van der Waals surface area (Å²) in [4.78, 5) is 4.68. The van der Waals surface area contributed by atoms with Crippen LogP contribution in [0.1, 0.15) is 19.8 Å². The molecule has 0 saturated heterocycles. The predicted octanol–water partition coefficient (Wildman–Crippen LogP) is 4.13. The van der Waals surface area contributed by atoms with Crippen molar-refractivity contribution in [2.75, 3.05) is 11.1 Å². The van der Waals surface area contributed by atoms with Crippen LogP contribution in [-0.4, -0.2) is 17.0 Å². The molecule has 0 radical (unpaired) electrons. The summed E-state index contributed by atoms with van der Waals surface area (Å²) in [5.41, 5.74) is 1.09. The highest BCUT2D eigenvalue weighted by Gasteiger charge is 2.14. The maximum Gasteiger partial charge on any atom is 0.161 e. The van der Waals surface area contributed by atoms with Gasteiger partial charge in [-0.3, -0.25) is 4.99 Å². The molecule has 1 N–H and O–H groups in total. The third kappa shape index (κ3) is 3.01. The third-order valence-corrected chi connectivity index (χ3v) is 4.19. The number of hydrogen-bond acceptors (Lipinski definition) is 3. The first-order valence-corrected chi connectivity index (χ1v) is 7.29. The molecule has 1 aliphatic rings. The van der Waals surface area contributed by atoms with E-state index in [-0.39, 0.29) is 0 Å². The zero-order valence-corrected chi connectivity index (χ0v) is 11.6. The molecule has 1 unspecified atom stereocenters. The van der Waals surface area contributed by atoms with Crippen molar-refractivity contribution in [3.63, 3.8) is 0 Å². The average molecular weight is 299 g/mol. The monoisotopic (exact) mass is 298 g/mol. The second-order valence-electron chi connectivity index (χ2n) is 3.74. The number of amidine groups is 1. The molecule has 0 bridgehead atoms. The van der Waals surface area contributed by atoms with Gasteiger partial charge in [0.05, 0.1) is 11.7 Å². The van der Waals surface area contributed by atoms with Crippen molar-refractivity contribution < 1.29 is 0 Å². The van der Waals surface area contributed by atoms with Gasteiger partial charge in [-0.05, 0) is 40.9 Å². The van der Waals surface area contributed by atoms with Gasteiger partial charge in [-0.15, -0.1) is 0 Å². The van der Waals surface area contributed by atoms with Crippen LogP contribution < -0.4 is 5.32 Å². The van der Waals surface area contributed by atoms with Crippen molar-refractivity contribution in [1.82, 2.24) is 0 Å². The molecule has 2 rings (SSSR count). The van der Waals surface area contributed by atoms with Gasteiger partial charge in [0.2, 0.25) is 0 Å². The first kappa shape index (κ1) is 12.0. The second-order valence-corrected chi connectivity index (χ2v) is 5.68. The van der Waals surface area contributed by atoms with E-state index < -0.39 is 0 Å². The summed E-state index contributed by atoms with van der Waals surface area (Å²) < 4.78 is 1.08. The Morgan fingerprint density at radius 1 is 1.50 bits per heavy atom. The number of aliphatic imine (C=N–C) groups is 1. The van der Waals surface area contributed by atoms with Crippen molar-refractivity contribution in [1.29, 1.82) is 0 Å². The minimum Gasteiger partial charge on any atom is -0.334 e. The van der Waals surface area contributed by atoms with Gasteiger partial charge in [-0.2, -0.15) is 0 Å². The van der Waals surface area contributed by atoms with Gasteiger partial charge in [0, 0.05) is 10.2 Å². The van der Waals surface area contributed by atoms with Crippen molar-refractivity contribution >= 4 is 38.5 Å². The lowest BCUT2D eigenvalue weighted by molar-refractivity contribution is 0.634. The van der Waals surface area contributed by atoms with Crippen LogP contribution in [0, 0.1) is 0 Å². The number of nitrogens with one attached hydrogen (secondary N) is 1. The SMILES string of the molecule is CCC1CCSC(Nc2ccccc2Br)=N1. The smallest absolute Gasteiger partial charge is 0.161 e. The molecule has 0 saturated carbocycles. The summed E-state index contributed by atoms with van der Waals surface area (Å²) in [5.74, 6) is 1.16. The molecule has 16 heavy (non-hydrogen) atoms. The van der Waals surface area contributed by atoms with E-state index in [1.54, 1.807) is 11.8 Å². The van der Waals surface area contributed by atoms with E-state index in [1.165, 1.54) is 6.42 Å². The van der Waals surface area contributed by atoms with E-state index in [0.717, 1.165) is 27.5 Å². The highest BCUT2D eigenvalue weighted by atomic mass is 79.9. The second kappa shape index (κ2) is 5.73. The van der Waals surface area contributed by atoms with Crippen LogP contribution in [0.4, 0.5) is 5.69 Å². The van der Waals surface area contributed by atoms with E-state index in [1.807, 2.05) is 18.2 Å². The van der Waals surface area contributed by atoms with Crippen LogP contribution in [0.3, 0.4) is 0 Å². The van der Waals surface area contributed by atoms with E-state index in [9.17, 15) is 0 Å². The van der Waals surface area contributed by atoms with Gasteiger partial charge in [0.15, 0.2) is 5.17 Å². The number of anilines is 1. The minimum absolute atomic E-state index is 0.492. The molecule has 2 nitrogen and oxygen atoms in total. The molecule has 1 aliphatic heterocycles. The fourth-order valence-corrected chi connectivity index (χ4v) is 2.97. The number of rotatable bonds is 2. The first-order chi connectivity index (χ1) is 7.79. The number of para-hydroxylation sites is 1. The van der Waals surface area contributed by atoms with E-state index in [0.29, 0.717) is 6.04 Å². The molecule has 0 aliphatic carbocycles. The van der Waals surface area contributed by atoms with Crippen LogP contribution in [-0.2, 0) is 0 Å². The Kier molecular flexibility index (Phi) is 4.29. The summed E-state index contributed by atoms with van der Waals surface area (Å²) in [6.07, 6.45) is 2.32. The molecular weight excluding hydrogens is 284 g/mol. The summed E-state index contributed by atoms with van der Waals surface area (Å²) in [6, 6.07) is 8.63. The standard InChI is InChI=1S/C12H15BrN2S/c1-2-9-7-8-16-12(14-9)15-11-6-4-3-5-10(11)13/h3-6,9H,2,7-8H2,1H3,(H,14,15). The van der Waals surface area contributed by atoms with Crippen molar-refractivity contribution in [3.8, 4) is 0 Å². The Morgan fingerprint density at radius 3 is 3.06 bits per heavy atom. The fraction of sp³-hybridized carbons (Fsp3) is 0.417. The van der Waals surface area contributed by atoms with Crippen LogP contribution in [0.25, 0.3) is 0 Å². The summed E-state index contributed by atoms with van der Waals surface area (Å²) in [6.45, 7) is 2.19. The van der Waals surface area contributed by atoms with Gasteiger partial charge >= 0.3 is 0 Å². The lowest BCUT2D eigenvalue weighted by Gasteiger charge is -2.19. The highest BCUT2D eigenvalue weighted by molar-refractivity contribution is 9.10. The van der Waals surface area contributed by atoms with Crippen LogP contribution in [0.5, 0.6) is 0 Å². The van der Waals surface area contributed by atoms with Crippen molar-refractivity contribution in [3.05, 3.63) is 28.7 Å². The quantitative estimate of drug-likeness (QED) is 0.888. The van der Waals surface area contributed by atoms with Crippen molar-refractivity contribution in [2.24, 2.45) is 4.99 Å². The molecule has 1 heterocycles. The van der Waals surface area contributed by atoms with Crippen LogP contribution in [0.15, 0.2) is 33.7 Å². The Bertz CT molecular complexity index is 392. The Labute approximate surface area is 109 Å². The molecular formula is C12H15BrN2S. The Morgan fingerprint density at radius 2 is 2.31 bits per heavy atom. The Hall–Kier alpha value is -0.480. The number of thioether (sulfide) groups is 1. The lowest BCUT2D eigenvalue weighted by atomic mass is 10.2. The van der Waals surface area contributed by atoms with Gasteiger partial charge in [-0.25, -0.2) is 0 Å². The topological polar surface area (TPSA) is 24.4 Å². The normalized spacial score (nSPS) is 20.4. The average Bonchev–Trinajstić information content (AvgIpc) is 2.32. The molecule has 1 aromatic rings. The summed E-state index contributed by atoms with van der Waals surface area (Å²) in [5, 5.41) is 4.43. The molecule has 0 amide bonds. The van der Waals surface area contributed by atoms with Gasteiger partial charge in [-0.1, -0.05) is 30.8 Å². The third-order valence-electron chi connectivity index (χ3n) is 2.58. The van der Waals surface area contributed by atoms with Gasteiger partial charge in [0.1, 0.15) is 0 Å². The maximum absolute atomic E-state index is 4.68. The molecule has 1 aromatic carbocycles. The minimum atomic E-state index is 0.492. The zero-order chi connectivity index (χ0) is 11.4. The van der Waals surface area contributed by atoms with Crippen molar-refractivity contribution in [2.45, 2.75) is 25.8 Å². The lowest BCUT2D eigenvalue weighted by Crippen LogP contribution is -2.19. The number of halogens is 1. The largest absolute Gasteiger partial charge is 0.334 e. The molecule has 0 aromatic heterocycles. The first-order valence-electron chi connectivity index (χ1n) is 5.51. The molecule has 1 atom stereocenters. The molecule has 0 spiro atoms. The molecule has 4 heteroatoms. The van der Waals surface area contributed by atoms with Crippen LogP contribution >= 0.6 is 27.7 Å². The molecule has 0 fully saturated rings. The maximum atomic E-state index is 4.68. The highest BCUT2D eigenvalue weighted by Crippen LogP contribution is 2.25. The number of benzene rings is 1. The van der Waals surface area contributed by atoms with Gasteiger partial charge in [0.25, 0.3) is 0 Å². The molecule has 86 valence electrons. The van der Waals surface area contributed by atoms with Crippen LogP contribution in [0.2, 0.25) is 0 Å². The predicted molar refractivity (Wildman–Crippen MR) is 76.4 cm³/mol. The fourth-order valence-electron chi connectivity index (χ4n) is 1.60. The van der Waals surface area contributed by atoms with E-state index in [4.69, 9.17) is 0 Å². The van der Waals surface area contributed by atoms with E-state index >= 15 is 0 Å². The Balaban J connectivity index is 2.10. The zero-order valence-electron chi connectivity index (χ0n) is 9.24. The summed E-state index contributed by atoms with van der Waals surface area (Å²) in [7, 11) is 0. The number of nitrogens with zero attached hydrogens (tertiary/aromatic N) is 1.